The standard InChI is InChI=1S/C22H30O3/c1-14(7-6-12-23)19-15(24)13-17-21(4)11-9-18(25)20(2,3)16(21)8-10-22(17,19)5/h6-7,12,16-17H,8-11,13H2,1-5H3/b7-6+,19-14+/t16-,17-,21-,22-/m0/s1. The van der Waals surface area contributed by atoms with Gasteiger partial charge in [-0.15, -0.1) is 0 Å². The molecule has 3 rings (SSSR count). The quantitative estimate of drug-likeness (QED) is 0.550. The number of carbonyl (C=O) groups excluding carboxylic acids is 3. The van der Waals surface area contributed by atoms with Crippen LogP contribution in [0.15, 0.2) is 23.3 Å². The summed E-state index contributed by atoms with van der Waals surface area (Å²) < 4.78 is 0. The predicted octanol–water partition coefficient (Wildman–Crippen LogP) is 4.46. The van der Waals surface area contributed by atoms with E-state index in [0.29, 0.717) is 24.5 Å². The summed E-state index contributed by atoms with van der Waals surface area (Å²) in [5.74, 6) is 1.24. The lowest BCUT2D eigenvalue weighted by atomic mass is 9.43. The smallest absolute Gasteiger partial charge is 0.160 e. The van der Waals surface area contributed by atoms with E-state index in [1.807, 2.05) is 6.92 Å². The van der Waals surface area contributed by atoms with Gasteiger partial charge in [-0.1, -0.05) is 33.8 Å². The van der Waals surface area contributed by atoms with E-state index in [1.165, 1.54) is 6.08 Å². The second-order valence-corrected chi connectivity index (χ2v) is 9.39. The van der Waals surface area contributed by atoms with Gasteiger partial charge in [-0.25, -0.2) is 0 Å². The summed E-state index contributed by atoms with van der Waals surface area (Å²) in [7, 11) is 0. The SMILES string of the molecule is CC(/C=C/C=O)=C1/C(=O)C[C@H]2[C@@]3(C)CCC(=O)C(C)(C)[C@@H]3CC[C@]12C. The highest BCUT2D eigenvalue weighted by Gasteiger charge is 2.64. The fraction of sp³-hybridized carbons (Fsp3) is 0.682. The van der Waals surface area contributed by atoms with Crippen molar-refractivity contribution in [2.45, 2.75) is 66.7 Å². The van der Waals surface area contributed by atoms with Crippen LogP contribution in [0, 0.1) is 28.1 Å². The van der Waals surface area contributed by atoms with Crippen LogP contribution in [0.2, 0.25) is 0 Å². The minimum absolute atomic E-state index is 0.0243. The molecule has 0 aromatic rings. The summed E-state index contributed by atoms with van der Waals surface area (Å²) >= 11 is 0. The van der Waals surface area contributed by atoms with E-state index in [2.05, 4.69) is 27.7 Å². The molecule has 3 nitrogen and oxygen atoms in total. The molecule has 3 saturated carbocycles. The molecule has 25 heavy (non-hydrogen) atoms. The number of aldehydes is 1. The van der Waals surface area contributed by atoms with E-state index in [9.17, 15) is 14.4 Å². The van der Waals surface area contributed by atoms with E-state index in [1.54, 1.807) is 6.08 Å². The Labute approximate surface area is 150 Å². The van der Waals surface area contributed by atoms with Crippen molar-refractivity contribution in [2.75, 3.05) is 0 Å². The van der Waals surface area contributed by atoms with Crippen molar-refractivity contribution in [3.8, 4) is 0 Å². The molecule has 136 valence electrons. The highest BCUT2D eigenvalue weighted by Crippen LogP contribution is 2.68. The van der Waals surface area contributed by atoms with Crippen LogP contribution in [-0.2, 0) is 14.4 Å². The predicted molar refractivity (Wildman–Crippen MR) is 98.0 cm³/mol. The van der Waals surface area contributed by atoms with E-state index in [-0.39, 0.29) is 27.9 Å². The average Bonchev–Trinajstić information content (AvgIpc) is 2.81. The highest BCUT2D eigenvalue weighted by molar-refractivity contribution is 6.01. The van der Waals surface area contributed by atoms with Gasteiger partial charge in [-0.3, -0.25) is 14.4 Å². The Morgan fingerprint density at radius 2 is 1.76 bits per heavy atom. The second kappa shape index (κ2) is 5.75. The zero-order chi connectivity index (χ0) is 18.6. The molecular weight excluding hydrogens is 312 g/mol. The van der Waals surface area contributed by atoms with Gasteiger partial charge < -0.3 is 0 Å². The van der Waals surface area contributed by atoms with Gasteiger partial charge in [-0.05, 0) is 55.1 Å². The molecule has 3 heteroatoms. The minimum atomic E-state index is -0.295. The molecule has 3 aliphatic carbocycles. The molecule has 0 aliphatic heterocycles. The van der Waals surface area contributed by atoms with E-state index < -0.39 is 0 Å². The Balaban J connectivity index is 2.08. The number of allylic oxidation sites excluding steroid dienone is 4. The third-order valence-electron chi connectivity index (χ3n) is 7.85. The van der Waals surface area contributed by atoms with Gasteiger partial charge in [0, 0.05) is 29.2 Å². The first-order chi connectivity index (χ1) is 11.6. The van der Waals surface area contributed by atoms with Gasteiger partial charge >= 0.3 is 0 Å². The normalized spacial score (nSPS) is 42.3. The van der Waals surface area contributed by atoms with Crippen molar-refractivity contribution in [2.24, 2.45) is 28.1 Å². The molecule has 3 aliphatic rings. The van der Waals surface area contributed by atoms with Crippen LogP contribution in [0.1, 0.15) is 66.7 Å². The molecule has 0 amide bonds. The fourth-order valence-corrected chi connectivity index (χ4v) is 6.65. The summed E-state index contributed by atoms with van der Waals surface area (Å²) in [6.07, 6.45) is 8.05. The lowest BCUT2D eigenvalue weighted by Gasteiger charge is -2.60. The number of ketones is 2. The topological polar surface area (TPSA) is 51.2 Å². The molecule has 0 heterocycles. The van der Waals surface area contributed by atoms with Gasteiger partial charge in [0.15, 0.2) is 5.78 Å². The molecule has 0 bridgehead atoms. The van der Waals surface area contributed by atoms with Crippen LogP contribution < -0.4 is 0 Å². The zero-order valence-electron chi connectivity index (χ0n) is 16.1. The van der Waals surface area contributed by atoms with Crippen LogP contribution in [0.25, 0.3) is 0 Å². The summed E-state index contributed by atoms with van der Waals surface area (Å²) in [5.41, 5.74) is 1.43. The van der Waals surface area contributed by atoms with Crippen molar-refractivity contribution in [1.82, 2.24) is 0 Å². The second-order valence-electron chi connectivity index (χ2n) is 9.39. The third kappa shape index (κ3) is 2.42. The molecule has 0 unspecified atom stereocenters. The van der Waals surface area contributed by atoms with Crippen LogP contribution >= 0.6 is 0 Å². The number of carbonyl (C=O) groups is 3. The molecule has 3 fully saturated rings. The summed E-state index contributed by atoms with van der Waals surface area (Å²) in [4.78, 5) is 36.2. The largest absolute Gasteiger partial charge is 0.299 e. The van der Waals surface area contributed by atoms with Crippen LogP contribution in [0.3, 0.4) is 0 Å². The van der Waals surface area contributed by atoms with E-state index >= 15 is 0 Å². The number of hydrogen-bond acceptors (Lipinski definition) is 3. The first-order valence-corrected chi connectivity index (χ1v) is 9.48. The Morgan fingerprint density at radius 3 is 2.40 bits per heavy atom. The van der Waals surface area contributed by atoms with Crippen LogP contribution in [0.4, 0.5) is 0 Å². The maximum atomic E-state index is 12.9. The lowest BCUT2D eigenvalue weighted by Crippen LogP contribution is -2.56. The van der Waals surface area contributed by atoms with Crippen molar-refractivity contribution < 1.29 is 14.4 Å². The van der Waals surface area contributed by atoms with Gasteiger partial charge in [0.05, 0.1) is 0 Å². The Bertz CT molecular complexity index is 696. The molecule has 0 saturated heterocycles. The molecule has 0 aromatic carbocycles. The first-order valence-electron chi connectivity index (χ1n) is 9.48. The maximum Gasteiger partial charge on any atom is 0.160 e. The monoisotopic (exact) mass is 342 g/mol. The number of hydrogen-bond donors (Lipinski definition) is 0. The van der Waals surface area contributed by atoms with Crippen molar-refractivity contribution in [1.29, 1.82) is 0 Å². The van der Waals surface area contributed by atoms with Crippen molar-refractivity contribution in [3.05, 3.63) is 23.3 Å². The molecule has 4 atom stereocenters. The van der Waals surface area contributed by atoms with E-state index in [0.717, 1.165) is 36.7 Å². The molecular formula is C22H30O3. The first kappa shape index (κ1) is 18.3. The van der Waals surface area contributed by atoms with Crippen molar-refractivity contribution >= 4 is 17.9 Å². The van der Waals surface area contributed by atoms with Gasteiger partial charge in [0.25, 0.3) is 0 Å². The van der Waals surface area contributed by atoms with Gasteiger partial charge in [-0.2, -0.15) is 0 Å². The summed E-state index contributed by atoms with van der Waals surface area (Å²) in [6.45, 7) is 10.7. The molecule has 0 radical (unpaired) electrons. The van der Waals surface area contributed by atoms with Crippen LogP contribution in [0.5, 0.6) is 0 Å². The maximum absolute atomic E-state index is 12.9. The number of rotatable bonds is 2. The Hall–Kier alpha value is -1.51. The highest BCUT2D eigenvalue weighted by atomic mass is 16.1. The van der Waals surface area contributed by atoms with E-state index in [4.69, 9.17) is 0 Å². The number of fused-ring (bicyclic) bond motifs is 3. The Morgan fingerprint density at radius 1 is 1.08 bits per heavy atom. The fourth-order valence-electron chi connectivity index (χ4n) is 6.65. The zero-order valence-corrected chi connectivity index (χ0v) is 16.1. The molecule has 0 spiro atoms. The average molecular weight is 342 g/mol. The number of Topliss-reactive ketones (excluding diaryl/α,β-unsaturated/α-hetero) is 2. The van der Waals surface area contributed by atoms with Crippen LogP contribution in [-0.4, -0.2) is 17.9 Å². The molecule has 0 aromatic heterocycles. The minimum Gasteiger partial charge on any atom is -0.299 e. The molecule has 0 N–H and O–H groups in total. The summed E-state index contributed by atoms with van der Waals surface area (Å²) in [5, 5.41) is 0. The van der Waals surface area contributed by atoms with Gasteiger partial charge in [0.2, 0.25) is 0 Å². The third-order valence-corrected chi connectivity index (χ3v) is 7.85. The van der Waals surface area contributed by atoms with Gasteiger partial charge in [0.1, 0.15) is 12.1 Å². The summed E-state index contributed by atoms with van der Waals surface area (Å²) in [6, 6.07) is 0. The van der Waals surface area contributed by atoms with Crippen molar-refractivity contribution in [3.63, 3.8) is 0 Å². The lowest BCUT2D eigenvalue weighted by molar-refractivity contribution is -0.154. The Kier molecular flexibility index (Phi) is 4.21.